The Morgan fingerprint density at radius 1 is 1.36 bits per heavy atom. The summed E-state index contributed by atoms with van der Waals surface area (Å²) in [5.74, 6) is -1.33. The van der Waals surface area contributed by atoms with Crippen molar-refractivity contribution in [1.29, 1.82) is 0 Å². The van der Waals surface area contributed by atoms with Crippen LogP contribution in [0, 0.1) is 0 Å². The summed E-state index contributed by atoms with van der Waals surface area (Å²) in [7, 11) is -4.37. The van der Waals surface area contributed by atoms with Gasteiger partial charge < -0.3 is 5.11 Å². The van der Waals surface area contributed by atoms with Gasteiger partial charge in [-0.05, 0) is 13.3 Å². The molecule has 0 atom stereocenters. The average Bonchev–Trinajstić information content (AvgIpc) is 1.96. The third-order valence-electron chi connectivity index (χ3n) is 1.53. The topological polar surface area (TPSA) is 91.7 Å². The number of aliphatic carboxylic acids is 1. The summed E-state index contributed by atoms with van der Waals surface area (Å²) in [6.07, 6.45) is 0.497. The first-order chi connectivity index (χ1) is 5.80. The van der Waals surface area contributed by atoms with Crippen LogP contribution in [0.25, 0.3) is 0 Å². The average molecular weight is 216 g/mol. The molecule has 14 heavy (non-hydrogen) atoms. The molecule has 5 nitrogen and oxygen atoms in total. The van der Waals surface area contributed by atoms with E-state index < -0.39 is 21.0 Å². The second-order valence-corrected chi connectivity index (χ2v) is 4.02. The number of carbonyl (C=O) groups is 1. The van der Waals surface area contributed by atoms with Crippen LogP contribution in [0.4, 0.5) is 0 Å². The van der Waals surface area contributed by atoms with Gasteiger partial charge in [-0.2, -0.15) is 8.42 Å². The van der Waals surface area contributed by atoms with Crippen LogP contribution in [-0.2, 0) is 14.9 Å². The van der Waals surface area contributed by atoms with Gasteiger partial charge in [-0.1, -0.05) is 13.3 Å². The van der Waals surface area contributed by atoms with Crippen molar-refractivity contribution >= 4 is 34.9 Å². The summed E-state index contributed by atoms with van der Waals surface area (Å²) < 4.78 is 30.1. The zero-order chi connectivity index (χ0) is 10.6. The summed E-state index contributed by atoms with van der Waals surface area (Å²) >= 11 is 0. The molecular weight excluding hydrogens is 203 g/mol. The van der Waals surface area contributed by atoms with E-state index in [-0.39, 0.29) is 30.9 Å². The Kier molecular flexibility index (Phi) is 7.21. The Morgan fingerprint density at radius 2 is 1.79 bits per heavy atom. The maximum atomic E-state index is 10.7. The molecule has 0 rings (SSSR count). The molecule has 0 saturated heterocycles. The molecule has 0 aliphatic carbocycles. The maximum absolute atomic E-state index is 10.7. The summed E-state index contributed by atoms with van der Waals surface area (Å²) in [5, 5.41) is 8.51. The quantitative estimate of drug-likeness (QED) is 0.402. The number of carboxylic acids is 1. The van der Waals surface area contributed by atoms with Crippen molar-refractivity contribution in [2.75, 3.05) is 0 Å². The molecule has 0 aromatic heterocycles. The molecule has 0 aliphatic heterocycles. The molecule has 0 bridgehead atoms. The molecule has 0 heterocycles. The van der Waals surface area contributed by atoms with Crippen molar-refractivity contribution in [3.05, 3.63) is 10.5 Å². The van der Waals surface area contributed by atoms with E-state index in [9.17, 15) is 13.2 Å². The molecule has 2 N–H and O–H groups in total. The standard InChI is InChI=1S/C7H12O5S.Li.H/c1-3-4-6(13(10,11)12)5(2)7(8)9;;/h3-4H2,1-2H3,(H,8,9)(H,10,11,12);;. The summed E-state index contributed by atoms with van der Waals surface area (Å²) in [6, 6.07) is 0. The summed E-state index contributed by atoms with van der Waals surface area (Å²) in [4.78, 5) is 10.0. The molecule has 0 spiro atoms. The fraction of sp³-hybridized carbons (Fsp3) is 0.571. The van der Waals surface area contributed by atoms with Gasteiger partial charge in [0.25, 0.3) is 10.1 Å². The van der Waals surface area contributed by atoms with Crippen LogP contribution in [0.15, 0.2) is 10.5 Å². The Labute approximate surface area is 95.1 Å². The second kappa shape index (κ2) is 6.25. The molecule has 0 amide bonds. The summed E-state index contributed by atoms with van der Waals surface area (Å²) in [6.45, 7) is 2.85. The van der Waals surface area contributed by atoms with Crippen LogP contribution in [0.3, 0.4) is 0 Å². The van der Waals surface area contributed by atoms with Gasteiger partial charge in [0.15, 0.2) is 0 Å². The van der Waals surface area contributed by atoms with Crippen molar-refractivity contribution in [3.8, 4) is 0 Å². The fourth-order valence-electron chi connectivity index (χ4n) is 0.856. The van der Waals surface area contributed by atoms with Gasteiger partial charge in [0.1, 0.15) is 0 Å². The van der Waals surface area contributed by atoms with E-state index in [2.05, 4.69) is 0 Å². The van der Waals surface area contributed by atoms with Gasteiger partial charge in [-0.25, -0.2) is 4.79 Å². The molecule has 0 aromatic carbocycles. The minimum atomic E-state index is -4.37. The molecular formula is C7H13LiO5S. The van der Waals surface area contributed by atoms with Crippen LogP contribution in [0.2, 0.25) is 0 Å². The number of hydrogen-bond donors (Lipinski definition) is 2. The van der Waals surface area contributed by atoms with Crippen molar-refractivity contribution in [2.24, 2.45) is 0 Å². The van der Waals surface area contributed by atoms with Crippen molar-refractivity contribution < 1.29 is 22.9 Å². The third-order valence-corrected chi connectivity index (χ3v) is 2.66. The van der Waals surface area contributed by atoms with Crippen molar-refractivity contribution in [3.63, 3.8) is 0 Å². The zero-order valence-corrected chi connectivity index (χ0v) is 8.26. The Balaban J connectivity index is 0. The van der Waals surface area contributed by atoms with Gasteiger partial charge in [0.2, 0.25) is 0 Å². The molecule has 0 saturated carbocycles. The monoisotopic (exact) mass is 216 g/mol. The van der Waals surface area contributed by atoms with Crippen LogP contribution in [-0.4, -0.2) is 42.9 Å². The van der Waals surface area contributed by atoms with E-state index in [0.717, 1.165) is 6.92 Å². The molecule has 7 heteroatoms. The number of hydrogen-bond acceptors (Lipinski definition) is 3. The Hall–Kier alpha value is -0.283. The van der Waals surface area contributed by atoms with Gasteiger partial charge in [-0.3, -0.25) is 4.55 Å². The third kappa shape index (κ3) is 4.82. The molecule has 0 fully saturated rings. The number of carboxylic acid groups (broad SMARTS) is 1. The van der Waals surface area contributed by atoms with Crippen LogP contribution < -0.4 is 0 Å². The van der Waals surface area contributed by atoms with E-state index in [1.807, 2.05) is 0 Å². The van der Waals surface area contributed by atoms with Crippen molar-refractivity contribution in [1.82, 2.24) is 0 Å². The van der Waals surface area contributed by atoms with E-state index in [1.54, 1.807) is 6.92 Å². The van der Waals surface area contributed by atoms with Gasteiger partial charge in [0, 0.05) is 0 Å². The molecule has 0 aliphatic rings. The Bertz CT molecular complexity index is 330. The predicted molar refractivity (Wildman–Crippen MR) is 53.9 cm³/mol. The first-order valence-electron chi connectivity index (χ1n) is 3.71. The molecule has 78 valence electrons. The van der Waals surface area contributed by atoms with Crippen LogP contribution in [0.5, 0.6) is 0 Å². The summed E-state index contributed by atoms with van der Waals surface area (Å²) in [5.41, 5.74) is -0.329. The van der Waals surface area contributed by atoms with Crippen LogP contribution in [0.1, 0.15) is 26.7 Å². The second-order valence-electron chi connectivity index (χ2n) is 2.58. The van der Waals surface area contributed by atoms with Gasteiger partial charge in [0.05, 0.1) is 10.5 Å². The molecule has 0 radical (unpaired) electrons. The first-order valence-corrected chi connectivity index (χ1v) is 5.15. The Morgan fingerprint density at radius 3 is 2.00 bits per heavy atom. The zero-order valence-electron chi connectivity index (χ0n) is 7.44. The molecule has 0 unspecified atom stereocenters. The van der Waals surface area contributed by atoms with Gasteiger partial charge in [-0.15, -0.1) is 0 Å². The predicted octanol–water partition coefficient (Wildman–Crippen LogP) is 0.384. The normalized spacial score (nSPS) is 12.8. The number of allylic oxidation sites excluding steroid dienone is 1. The van der Waals surface area contributed by atoms with Gasteiger partial charge >= 0.3 is 24.8 Å². The van der Waals surface area contributed by atoms with E-state index in [1.165, 1.54) is 0 Å². The molecule has 0 aromatic rings. The van der Waals surface area contributed by atoms with Crippen LogP contribution >= 0.6 is 0 Å². The van der Waals surface area contributed by atoms with E-state index in [0.29, 0.717) is 6.42 Å². The minimum absolute atomic E-state index is 0. The SMILES string of the molecule is CCCC(=C(C)C(=O)O)S(=O)(=O)O.[LiH]. The fourth-order valence-corrected chi connectivity index (χ4v) is 1.79. The van der Waals surface area contributed by atoms with E-state index in [4.69, 9.17) is 9.66 Å². The van der Waals surface area contributed by atoms with E-state index >= 15 is 0 Å². The number of rotatable bonds is 4. The first kappa shape index (κ1) is 16.2. The van der Waals surface area contributed by atoms with Crippen molar-refractivity contribution in [2.45, 2.75) is 26.7 Å².